The largest absolute Gasteiger partial charge is 0.335 e. The Hall–Kier alpha value is -4.50. The third-order valence-electron chi connectivity index (χ3n) is 7.40. The van der Waals surface area contributed by atoms with Crippen LogP contribution in [-0.2, 0) is 6.42 Å². The van der Waals surface area contributed by atoms with E-state index in [4.69, 9.17) is 4.98 Å². The van der Waals surface area contributed by atoms with Gasteiger partial charge in [0.05, 0.1) is 28.6 Å². The average Bonchev–Trinajstić information content (AvgIpc) is 3.72. The Morgan fingerprint density at radius 2 is 1.85 bits per heavy atom. The molecule has 0 bridgehead atoms. The molecule has 1 saturated heterocycles. The fourth-order valence-electron chi connectivity index (χ4n) is 5.48. The summed E-state index contributed by atoms with van der Waals surface area (Å²) in [4.78, 5) is 24.1. The van der Waals surface area contributed by atoms with E-state index in [1.807, 2.05) is 30.3 Å². The van der Waals surface area contributed by atoms with Crippen molar-refractivity contribution >= 4 is 22.1 Å². The lowest BCUT2D eigenvalue weighted by Crippen LogP contribution is -2.20. The Morgan fingerprint density at radius 1 is 0.923 bits per heavy atom. The average molecular weight is 519 g/mol. The number of aromatic nitrogens is 7. The second-order valence-corrected chi connectivity index (χ2v) is 10.0. The maximum Gasteiger partial charge on any atom is 0.178 e. The smallest absolute Gasteiger partial charge is 0.178 e. The normalized spacial score (nSPS) is 14.1. The van der Waals surface area contributed by atoms with Gasteiger partial charge >= 0.3 is 0 Å². The van der Waals surface area contributed by atoms with Gasteiger partial charge in [-0.05, 0) is 92.8 Å². The molecule has 8 nitrogen and oxygen atoms in total. The van der Waals surface area contributed by atoms with Crippen molar-refractivity contribution in [2.24, 2.45) is 0 Å². The molecule has 0 radical (unpaired) electrons. The Labute approximate surface area is 224 Å². The van der Waals surface area contributed by atoms with E-state index < -0.39 is 0 Å². The van der Waals surface area contributed by atoms with Crippen LogP contribution < -0.4 is 0 Å². The molecule has 0 aliphatic carbocycles. The Balaban J connectivity index is 1.23. The minimum Gasteiger partial charge on any atom is -0.335 e. The second-order valence-electron chi connectivity index (χ2n) is 10.0. The molecule has 1 aliphatic heterocycles. The van der Waals surface area contributed by atoms with E-state index in [-0.39, 0.29) is 5.82 Å². The molecule has 194 valence electrons. The molecule has 7 rings (SSSR count). The Kier molecular flexibility index (Phi) is 6.05. The monoisotopic (exact) mass is 518 g/mol. The van der Waals surface area contributed by atoms with Crippen molar-refractivity contribution in [2.45, 2.75) is 25.7 Å². The third-order valence-corrected chi connectivity index (χ3v) is 7.40. The fourth-order valence-corrected chi connectivity index (χ4v) is 5.48. The summed E-state index contributed by atoms with van der Waals surface area (Å²) >= 11 is 0. The molecule has 2 N–H and O–H groups in total. The predicted octanol–water partition coefficient (Wildman–Crippen LogP) is 5.79. The first kappa shape index (κ1) is 23.6. The van der Waals surface area contributed by atoms with Gasteiger partial charge in [-0.3, -0.25) is 15.1 Å². The first-order chi connectivity index (χ1) is 19.2. The zero-order chi connectivity index (χ0) is 26.2. The summed E-state index contributed by atoms with van der Waals surface area (Å²) in [7, 11) is 0. The Morgan fingerprint density at radius 3 is 2.72 bits per heavy atom. The van der Waals surface area contributed by atoms with Crippen molar-refractivity contribution in [3.63, 3.8) is 0 Å². The highest BCUT2D eigenvalue weighted by Gasteiger charge is 2.18. The molecule has 0 spiro atoms. The molecule has 1 aliphatic rings. The summed E-state index contributed by atoms with van der Waals surface area (Å²) in [6, 6.07) is 14.9. The lowest BCUT2D eigenvalue weighted by molar-refractivity contribution is 0.334. The molecule has 5 aromatic heterocycles. The topological polar surface area (TPSA) is 99.3 Å². The number of H-pyrrole nitrogens is 2. The standard InChI is InChI=1S/C30H27FN8/c31-21-15-19(6-5-13-39-11-3-4-12-39)14-20(16-21)22-8-10-33-29-27(22)35-30(36-29)28-23-17-25(24-7-1-2-9-32-24)34-18-26(23)37-38-28/h1-2,7-10,14-18H,3-6,11-13H2,(H,37,38)(H,33,35,36). The number of hydrogen-bond acceptors (Lipinski definition) is 6. The van der Waals surface area contributed by atoms with Crippen molar-refractivity contribution in [3.8, 4) is 34.0 Å². The number of halogens is 1. The molecule has 39 heavy (non-hydrogen) atoms. The molecule has 0 saturated carbocycles. The van der Waals surface area contributed by atoms with E-state index in [2.05, 4.69) is 41.1 Å². The van der Waals surface area contributed by atoms with Gasteiger partial charge < -0.3 is 9.88 Å². The van der Waals surface area contributed by atoms with Crippen LogP contribution in [0.2, 0.25) is 0 Å². The van der Waals surface area contributed by atoms with E-state index in [0.29, 0.717) is 17.2 Å². The maximum absolute atomic E-state index is 14.7. The molecule has 6 heterocycles. The van der Waals surface area contributed by atoms with Crippen LogP contribution >= 0.6 is 0 Å². The summed E-state index contributed by atoms with van der Waals surface area (Å²) < 4.78 is 14.7. The lowest BCUT2D eigenvalue weighted by atomic mass is 10.0. The number of aromatic amines is 2. The van der Waals surface area contributed by atoms with Crippen molar-refractivity contribution in [1.82, 2.24) is 40.0 Å². The second kappa shape index (κ2) is 9.99. The molecule has 1 aromatic carbocycles. The SMILES string of the molecule is Fc1cc(CCCN2CCCC2)cc(-c2ccnc3nc(-c4n[nH]c5cnc(-c6ccccn6)cc45)[nH]c23)c1. The highest BCUT2D eigenvalue weighted by Crippen LogP contribution is 2.32. The highest BCUT2D eigenvalue weighted by molar-refractivity contribution is 5.96. The van der Waals surface area contributed by atoms with Crippen LogP contribution in [0.25, 0.3) is 56.1 Å². The number of hydrogen-bond donors (Lipinski definition) is 2. The number of nitrogens with zero attached hydrogens (tertiary/aromatic N) is 6. The van der Waals surface area contributed by atoms with Crippen LogP contribution in [-0.4, -0.2) is 59.7 Å². The van der Waals surface area contributed by atoms with E-state index >= 15 is 0 Å². The number of benzene rings is 1. The number of likely N-dealkylation sites (tertiary alicyclic amines) is 1. The summed E-state index contributed by atoms with van der Waals surface area (Å²) in [5, 5.41) is 8.44. The predicted molar refractivity (Wildman–Crippen MR) is 149 cm³/mol. The van der Waals surface area contributed by atoms with Crippen molar-refractivity contribution < 1.29 is 4.39 Å². The van der Waals surface area contributed by atoms with Crippen molar-refractivity contribution in [3.05, 3.63) is 78.5 Å². The van der Waals surface area contributed by atoms with Gasteiger partial charge in [0.1, 0.15) is 11.5 Å². The van der Waals surface area contributed by atoms with Crippen LogP contribution in [0.3, 0.4) is 0 Å². The number of nitrogens with one attached hydrogen (secondary N) is 2. The van der Waals surface area contributed by atoms with Crippen molar-refractivity contribution in [2.75, 3.05) is 19.6 Å². The van der Waals surface area contributed by atoms with Gasteiger partial charge in [0.2, 0.25) is 0 Å². The van der Waals surface area contributed by atoms with Crippen LogP contribution in [0, 0.1) is 5.82 Å². The van der Waals surface area contributed by atoms with Gasteiger partial charge in [0.25, 0.3) is 0 Å². The lowest BCUT2D eigenvalue weighted by Gasteiger charge is -2.14. The molecule has 0 atom stereocenters. The van der Waals surface area contributed by atoms with Gasteiger partial charge in [0.15, 0.2) is 11.5 Å². The zero-order valence-corrected chi connectivity index (χ0v) is 21.4. The summed E-state index contributed by atoms with van der Waals surface area (Å²) in [5.74, 6) is 0.345. The van der Waals surface area contributed by atoms with Crippen molar-refractivity contribution in [1.29, 1.82) is 0 Å². The van der Waals surface area contributed by atoms with Crippen LogP contribution in [0.5, 0.6) is 0 Å². The van der Waals surface area contributed by atoms with E-state index in [1.165, 1.54) is 25.9 Å². The number of aryl methyl sites for hydroxylation is 1. The molecular weight excluding hydrogens is 491 g/mol. The maximum atomic E-state index is 14.7. The van der Waals surface area contributed by atoms with Gasteiger partial charge in [-0.15, -0.1) is 0 Å². The summed E-state index contributed by atoms with van der Waals surface area (Å²) in [6.07, 6.45) is 9.64. The van der Waals surface area contributed by atoms with E-state index in [9.17, 15) is 4.39 Å². The highest BCUT2D eigenvalue weighted by atomic mass is 19.1. The molecular formula is C30H27FN8. The van der Waals surface area contributed by atoms with Crippen LogP contribution in [0.4, 0.5) is 4.39 Å². The molecule has 9 heteroatoms. The number of fused-ring (bicyclic) bond motifs is 2. The minimum atomic E-state index is -0.235. The van der Waals surface area contributed by atoms with Gasteiger partial charge in [-0.1, -0.05) is 12.1 Å². The zero-order valence-electron chi connectivity index (χ0n) is 21.4. The number of rotatable bonds is 7. The Bertz CT molecular complexity index is 1770. The van der Waals surface area contributed by atoms with E-state index in [1.54, 1.807) is 30.7 Å². The number of imidazole rings is 1. The first-order valence-electron chi connectivity index (χ1n) is 13.3. The van der Waals surface area contributed by atoms with Crippen LogP contribution in [0.1, 0.15) is 24.8 Å². The molecule has 0 amide bonds. The quantitative estimate of drug-likeness (QED) is 0.277. The molecule has 0 unspecified atom stereocenters. The molecule has 1 fully saturated rings. The summed E-state index contributed by atoms with van der Waals surface area (Å²) in [5.41, 5.74) is 6.95. The third kappa shape index (κ3) is 4.66. The summed E-state index contributed by atoms with van der Waals surface area (Å²) in [6.45, 7) is 3.42. The number of pyridine rings is 3. The van der Waals surface area contributed by atoms with Gasteiger partial charge in [-0.2, -0.15) is 5.10 Å². The first-order valence-corrected chi connectivity index (χ1v) is 13.3. The van der Waals surface area contributed by atoms with Gasteiger partial charge in [0, 0.05) is 23.3 Å². The molecule has 6 aromatic rings. The van der Waals surface area contributed by atoms with E-state index in [0.717, 1.165) is 63.9 Å². The minimum absolute atomic E-state index is 0.235. The van der Waals surface area contributed by atoms with Crippen LogP contribution in [0.15, 0.2) is 67.1 Å². The van der Waals surface area contributed by atoms with Gasteiger partial charge in [-0.25, -0.2) is 14.4 Å². The fraction of sp³-hybridized carbons (Fsp3) is 0.233.